The number of nitrogens with zero attached hydrogens (tertiary/aromatic N) is 1. The molecule has 1 aromatic carbocycles. The minimum Gasteiger partial charge on any atom is -0.369 e. The lowest BCUT2D eigenvalue weighted by Crippen LogP contribution is -2.13. The molecule has 0 unspecified atom stereocenters. The fourth-order valence-electron chi connectivity index (χ4n) is 1.89. The molecule has 3 nitrogen and oxygen atoms in total. The molecule has 2 rings (SSSR count). The van der Waals surface area contributed by atoms with Gasteiger partial charge in [-0.25, -0.2) is 0 Å². The number of hydrogen-bond acceptors (Lipinski definition) is 2. The van der Waals surface area contributed by atoms with Crippen LogP contribution in [0.2, 0.25) is 0 Å². The van der Waals surface area contributed by atoms with Crippen molar-refractivity contribution < 1.29 is 4.79 Å². The molecule has 0 aliphatic rings. The van der Waals surface area contributed by atoms with Crippen LogP contribution in [-0.2, 0) is 11.2 Å². The van der Waals surface area contributed by atoms with E-state index < -0.39 is 0 Å². The van der Waals surface area contributed by atoms with Gasteiger partial charge in [0.2, 0.25) is 5.91 Å². The Morgan fingerprint density at radius 2 is 2.06 bits per heavy atom. The molecule has 1 heterocycles. The van der Waals surface area contributed by atoms with Crippen LogP contribution in [-0.4, -0.2) is 10.9 Å². The number of fused-ring (bicyclic) bond motifs is 1. The fraction of sp³-hybridized carbons (Fsp3) is 0.231. The smallest absolute Gasteiger partial charge is 0.221 e. The SMILES string of the molecule is Cc1ccc2cc(CC(N)=O)cc(C)c2n1. The van der Waals surface area contributed by atoms with Crippen LogP contribution in [0.4, 0.5) is 0 Å². The van der Waals surface area contributed by atoms with E-state index in [1.165, 1.54) is 0 Å². The van der Waals surface area contributed by atoms with Crippen molar-refractivity contribution in [3.05, 3.63) is 41.1 Å². The van der Waals surface area contributed by atoms with E-state index in [2.05, 4.69) is 4.98 Å². The summed E-state index contributed by atoms with van der Waals surface area (Å²) < 4.78 is 0. The number of nitrogens with two attached hydrogens (primary N) is 1. The molecule has 0 spiro atoms. The summed E-state index contributed by atoms with van der Waals surface area (Å²) in [4.78, 5) is 15.4. The molecule has 0 bridgehead atoms. The van der Waals surface area contributed by atoms with Crippen molar-refractivity contribution in [2.75, 3.05) is 0 Å². The third-order valence-corrected chi connectivity index (χ3v) is 2.56. The van der Waals surface area contributed by atoms with E-state index in [-0.39, 0.29) is 12.3 Å². The summed E-state index contributed by atoms with van der Waals surface area (Å²) in [5, 5.41) is 1.06. The van der Waals surface area contributed by atoms with Crippen molar-refractivity contribution in [2.45, 2.75) is 20.3 Å². The van der Waals surface area contributed by atoms with Crippen LogP contribution in [0.15, 0.2) is 24.3 Å². The predicted molar refractivity (Wildman–Crippen MR) is 64.1 cm³/mol. The van der Waals surface area contributed by atoms with Gasteiger partial charge in [-0.15, -0.1) is 0 Å². The molecule has 0 fully saturated rings. The Labute approximate surface area is 94.3 Å². The van der Waals surface area contributed by atoms with Gasteiger partial charge in [0.05, 0.1) is 11.9 Å². The molecule has 1 amide bonds. The quantitative estimate of drug-likeness (QED) is 0.829. The number of primary amides is 1. The van der Waals surface area contributed by atoms with Gasteiger partial charge in [0, 0.05) is 11.1 Å². The van der Waals surface area contributed by atoms with E-state index in [0.717, 1.165) is 27.7 Å². The van der Waals surface area contributed by atoms with Crippen molar-refractivity contribution in [1.29, 1.82) is 0 Å². The molecule has 0 aliphatic carbocycles. The minimum absolute atomic E-state index is 0.282. The van der Waals surface area contributed by atoms with Crippen molar-refractivity contribution in [3.63, 3.8) is 0 Å². The van der Waals surface area contributed by atoms with E-state index in [9.17, 15) is 4.79 Å². The monoisotopic (exact) mass is 214 g/mol. The molecule has 2 aromatic rings. The van der Waals surface area contributed by atoms with Crippen LogP contribution < -0.4 is 5.73 Å². The van der Waals surface area contributed by atoms with Gasteiger partial charge in [-0.3, -0.25) is 9.78 Å². The summed E-state index contributed by atoms with van der Waals surface area (Å²) in [6.07, 6.45) is 0.282. The van der Waals surface area contributed by atoms with Gasteiger partial charge in [0.1, 0.15) is 0 Å². The van der Waals surface area contributed by atoms with Gasteiger partial charge in [-0.2, -0.15) is 0 Å². The predicted octanol–water partition coefficient (Wildman–Crippen LogP) is 1.88. The van der Waals surface area contributed by atoms with Gasteiger partial charge in [-0.1, -0.05) is 12.1 Å². The molecule has 16 heavy (non-hydrogen) atoms. The van der Waals surface area contributed by atoms with E-state index >= 15 is 0 Å². The van der Waals surface area contributed by atoms with Crippen LogP contribution >= 0.6 is 0 Å². The maximum atomic E-state index is 10.9. The first-order valence-electron chi connectivity index (χ1n) is 5.21. The highest BCUT2D eigenvalue weighted by Gasteiger charge is 2.04. The molecule has 0 aliphatic heterocycles. The number of rotatable bonds is 2. The number of aryl methyl sites for hydroxylation is 2. The third kappa shape index (κ3) is 2.03. The molecule has 0 saturated heterocycles. The Morgan fingerprint density at radius 3 is 2.75 bits per heavy atom. The number of carbonyl (C=O) groups is 1. The van der Waals surface area contributed by atoms with Crippen molar-refractivity contribution >= 4 is 16.8 Å². The lowest BCUT2D eigenvalue weighted by molar-refractivity contribution is -0.117. The number of benzene rings is 1. The highest BCUT2D eigenvalue weighted by Crippen LogP contribution is 2.19. The second-order valence-electron chi connectivity index (χ2n) is 4.08. The zero-order chi connectivity index (χ0) is 11.7. The van der Waals surface area contributed by atoms with Gasteiger partial charge in [0.15, 0.2) is 0 Å². The molecule has 0 radical (unpaired) electrons. The molecular formula is C13H14N2O. The van der Waals surface area contributed by atoms with Crippen LogP contribution in [0.3, 0.4) is 0 Å². The normalized spacial score (nSPS) is 10.6. The van der Waals surface area contributed by atoms with Crippen molar-refractivity contribution in [1.82, 2.24) is 4.98 Å². The summed E-state index contributed by atoms with van der Waals surface area (Å²) >= 11 is 0. The second kappa shape index (κ2) is 3.93. The Morgan fingerprint density at radius 1 is 1.31 bits per heavy atom. The maximum Gasteiger partial charge on any atom is 0.221 e. The number of pyridine rings is 1. The Bertz CT molecular complexity index is 561. The van der Waals surface area contributed by atoms with Crippen LogP contribution in [0, 0.1) is 13.8 Å². The zero-order valence-electron chi connectivity index (χ0n) is 9.45. The van der Waals surface area contributed by atoms with E-state index in [1.54, 1.807) is 0 Å². The fourth-order valence-corrected chi connectivity index (χ4v) is 1.89. The van der Waals surface area contributed by atoms with Gasteiger partial charge in [-0.05, 0) is 37.1 Å². The average molecular weight is 214 g/mol. The molecule has 3 heteroatoms. The van der Waals surface area contributed by atoms with E-state index in [1.807, 2.05) is 38.1 Å². The standard InChI is InChI=1S/C13H14N2O/c1-8-5-10(7-12(14)16)6-11-4-3-9(2)15-13(8)11/h3-6H,7H2,1-2H3,(H2,14,16). The van der Waals surface area contributed by atoms with Crippen LogP contribution in [0.1, 0.15) is 16.8 Å². The van der Waals surface area contributed by atoms with Gasteiger partial charge in [0.25, 0.3) is 0 Å². The summed E-state index contributed by atoms with van der Waals surface area (Å²) in [6, 6.07) is 7.93. The van der Waals surface area contributed by atoms with Crippen molar-refractivity contribution in [3.8, 4) is 0 Å². The zero-order valence-corrected chi connectivity index (χ0v) is 9.45. The number of carbonyl (C=O) groups excluding carboxylic acids is 1. The highest BCUT2D eigenvalue weighted by atomic mass is 16.1. The van der Waals surface area contributed by atoms with Crippen LogP contribution in [0.5, 0.6) is 0 Å². The Hall–Kier alpha value is -1.90. The lowest BCUT2D eigenvalue weighted by atomic mass is 10.0. The van der Waals surface area contributed by atoms with E-state index in [0.29, 0.717) is 0 Å². The first-order chi connectivity index (χ1) is 7.56. The molecule has 1 aromatic heterocycles. The molecule has 0 atom stereocenters. The average Bonchev–Trinajstić information content (AvgIpc) is 2.18. The highest BCUT2D eigenvalue weighted by molar-refractivity contribution is 5.84. The van der Waals surface area contributed by atoms with E-state index in [4.69, 9.17) is 5.73 Å². The molecule has 82 valence electrons. The summed E-state index contributed by atoms with van der Waals surface area (Å²) in [6.45, 7) is 3.97. The van der Waals surface area contributed by atoms with Crippen molar-refractivity contribution in [2.24, 2.45) is 5.73 Å². The van der Waals surface area contributed by atoms with Gasteiger partial charge < -0.3 is 5.73 Å². The van der Waals surface area contributed by atoms with Crippen LogP contribution in [0.25, 0.3) is 10.9 Å². The Kier molecular flexibility index (Phi) is 2.60. The molecule has 0 saturated carbocycles. The lowest BCUT2D eigenvalue weighted by Gasteiger charge is -2.06. The molecular weight excluding hydrogens is 200 g/mol. The maximum absolute atomic E-state index is 10.9. The number of hydrogen-bond donors (Lipinski definition) is 1. The second-order valence-corrected chi connectivity index (χ2v) is 4.08. The summed E-state index contributed by atoms with van der Waals surface area (Å²) in [7, 11) is 0. The number of amides is 1. The third-order valence-electron chi connectivity index (χ3n) is 2.56. The number of aromatic nitrogens is 1. The first-order valence-corrected chi connectivity index (χ1v) is 5.21. The van der Waals surface area contributed by atoms with Gasteiger partial charge >= 0.3 is 0 Å². The summed E-state index contributed by atoms with van der Waals surface area (Å²) in [5.74, 6) is -0.307. The first kappa shape index (κ1) is 10.6. The minimum atomic E-state index is -0.307. The summed E-state index contributed by atoms with van der Waals surface area (Å²) in [5.41, 5.74) is 9.21. The Balaban J connectivity index is 2.59. The topological polar surface area (TPSA) is 56.0 Å². The molecule has 2 N–H and O–H groups in total. The largest absolute Gasteiger partial charge is 0.369 e.